The molecular weight excluding hydrogens is 241 g/mol. The molecule has 0 bridgehead atoms. The number of benzene rings is 1. The van der Waals surface area contributed by atoms with Gasteiger partial charge in [0, 0.05) is 6.04 Å². The van der Waals surface area contributed by atoms with Gasteiger partial charge in [0.25, 0.3) is 5.91 Å². The molecule has 1 aromatic carbocycles. The molecule has 0 saturated carbocycles. The fraction of sp³-hybridized carbons (Fsp3) is 0.562. The third kappa shape index (κ3) is 5.01. The molecule has 3 heteroatoms. The Morgan fingerprint density at radius 1 is 1.26 bits per heavy atom. The molecule has 1 unspecified atom stereocenters. The first-order valence-corrected chi connectivity index (χ1v) is 6.97. The minimum Gasteiger partial charge on any atom is -0.349 e. The second-order valence-corrected chi connectivity index (χ2v) is 5.64. The zero-order valence-electron chi connectivity index (χ0n) is 12.3. The first-order chi connectivity index (χ1) is 8.91. The molecule has 2 nitrogen and oxygen atoms in total. The van der Waals surface area contributed by atoms with E-state index in [0.717, 1.165) is 19.3 Å². The van der Waals surface area contributed by atoms with Crippen molar-refractivity contribution in [1.29, 1.82) is 0 Å². The Morgan fingerprint density at radius 3 is 2.58 bits per heavy atom. The fourth-order valence-corrected chi connectivity index (χ4v) is 2.03. The number of halogens is 1. The average molecular weight is 265 g/mol. The molecule has 0 saturated heterocycles. The summed E-state index contributed by atoms with van der Waals surface area (Å²) in [4.78, 5) is 12.0. The predicted octanol–water partition coefficient (Wildman–Crippen LogP) is 4.08. The molecule has 0 fully saturated rings. The molecule has 19 heavy (non-hydrogen) atoms. The molecule has 106 valence electrons. The third-order valence-corrected chi connectivity index (χ3v) is 3.23. The van der Waals surface area contributed by atoms with Crippen LogP contribution in [0.1, 0.15) is 56.0 Å². The van der Waals surface area contributed by atoms with E-state index in [2.05, 4.69) is 19.2 Å². The molecule has 0 aliphatic rings. The lowest BCUT2D eigenvalue weighted by molar-refractivity contribution is 0.0933. The van der Waals surface area contributed by atoms with Crippen LogP contribution in [0.5, 0.6) is 0 Å². The van der Waals surface area contributed by atoms with Gasteiger partial charge in [-0.05, 0) is 37.8 Å². The largest absolute Gasteiger partial charge is 0.349 e. The zero-order valence-corrected chi connectivity index (χ0v) is 12.3. The van der Waals surface area contributed by atoms with Crippen LogP contribution in [0.3, 0.4) is 0 Å². The van der Waals surface area contributed by atoms with Crippen LogP contribution in [0.25, 0.3) is 0 Å². The smallest absolute Gasteiger partial charge is 0.254 e. The number of amides is 1. The summed E-state index contributed by atoms with van der Waals surface area (Å²) in [7, 11) is 0. The van der Waals surface area contributed by atoms with E-state index in [1.807, 2.05) is 6.92 Å². The highest BCUT2D eigenvalue weighted by Gasteiger charge is 2.15. The first-order valence-electron chi connectivity index (χ1n) is 6.97. The number of hydrogen-bond donors (Lipinski definition) is 1. The molecule has 0 aliphatic heterocycles. The van der Waals surface area contributed by atoms with E-state index in [1.54, 1.807) is 19.1 Å². The summed E-state index contributed by atoms with van der Waals surface area (Å²) >= 11 is 0. The Bertz CT molecular complexity index is 429. The van der Waals surface area contributed by atoms with Crippen molar-refractivity contribution in [3.8, 4) is 0 Å². The van der Waals surface area contributed by atoms with E-state index >= 15 is 0 Å². The molecule has 1 rings (SSSR count). The van der Waals surface area contributed by atoms with Crippen LogP contribution < -0.4 is 5.32 Å². The highest BCUT2D eigenvalue weighted by atomic mass is 19.1. The van der Waals surface area contributed by atoms with Crippen LogP contribution in [0.4, 0.5) is 4.39 Å². The standard InChI is InChI=1S/C16H24FNO/c1-11(2)7-5-9-13(4)18-16(19)14-10-6-8-12(3)15(14)17/h6,8,10-11,13H,5,7,9H2,1-4H3,(H,18,19). The van der Waals surface area contributed by atoms with Crippen molar-refractivity contribution in [2.24, 2.45) is 5.92 Å². The van der Waals surface area contributed by atoms with Gasteiger partial charge in [-0.2, -0.15) is 0 Å². The Kier molecular flexibility index (Phi) is 6.00. The number of carbonyl (C=O) groups excluding carboxylic acids is 1. The lowest BCUT2D eigenvalue weighted by Gasteiger charge is -2.15. The molecule has 1 amide bonds. The molecular formula is C16H24FNO. The van der Waals surface area contributed by atoms with Gasteiger partial charge in [0.2, 0.25) is 0 Å². The van der Waals surface area contributed by atoms with Crippen LogP contribution in [-0.4, -0.2) is 11.9 Å². The maximum Gasteiger partial charge on any atom is 0.254 e. The number of rotatable bonds is 6. The van der Waals surface area contributed by atoms with E-state index < -0.39 is 5.82 Å². The highest BCUT2D eigenvalue weighted by molar-refractivity contribution is 5.94. The van der Waals surface area contributed by atoms with Crippen LogP contribution in [0.2, 0.25) is 0 Å². The maximum absolute atomic E-state index is 13.8. The summed E-state index contributed by atoms with van der Waals surface area (Å²) < 4.78 is 13.8. The Labute approximate surface area is 115 Å². The van der Waals surface area contributed by atoms with Gasteiger partial charge in [0.1, 0.15) is 5.82 Å². The van der Waals surface area contributed by atoms with Crippen LogP contribution in [0, 0.1) is 18.7 Å². The number of hydrogen-bond acceptors (Lipinski definition) is 1. The van der Waals surface area contributed by atoms with E-state index in [-0.39, 0.29) is 17.5 Å². The van der Waals surface area contributed by atoms with Crippen LogP contribution in [-0.2, 0) is 0 Å². The fourth-order valence-electron chi connectivity index (χ4n) is 2.03. The molecule has 0 aromatic heterocycles. The minimum absolute atomic E-state index is 0.0752. The second-order valence-electron chi connectivity index (χ2n) is 5.64. The van der Waals surface area contributed by atoms with Gasteiger partial charge in [0.05, 0.1) is 5.56 Å². The molecule has 1 N–H and O–H groups in total. The normalized spacial score (nSPS) is 12.5. The number of carbonyl (C=O) groups is 1. The van der Waals surface area contributed by atoms with E-state index in [9.17, 15) is 9.18 Å². The summed E-state index contributed by atoms with van der Waals surface area (Å²) in [6, 6.07) is 4.97. The average Bonchev–Trinajstić information content (AvgIpc) is 2.31. The van der Waals surface area contributed by atoms with Gasteiger partial charge in [-0.25, -0.2) is 4.39 Å². The molecule has 0 heterocycles. The molecule has 1 aromatic rings. The van der Waals surface area contributed by atoms with Crippen LogP contribution >= 0.6 is 0 Å². The minimum atomic E-state index is -0.422. The topological polar surface area (TPSA) is 29.1 Å². The molecule has 0 aliphatic carbocycles. The Morgan fingerprint density at radius 2 is 1.95 bits per heavy atom. The lowest BCUT2D eigenvalue weighted by atomic mass is 10.0. The van der Waals surface area contributed by atoms with Crippen molar-refractivity contribution in [1.82, 2.24) is 5.32 Å². The van der Waals surface area contributed by atoms with Crippen molar-refractivity contribution in [3.63, 3.8) is 0 Å². The third-order valence-electron chi connectivity index (χ3n) is 3.23. The monoisotopic (exact) mass is 265 g/mol. The van der Waals surface area contributed by atoms with Gasteiger partial charge < -0.3 is 5.32 Å². The summed E-state index contributed by atoms with van der Waals surface area (Å²) in [6.07, 6.45) is 3.16. The van der Waals surface area contributed by atoms with Crippen LogP contribution in [0.15, 0.2) is 18.2 Å². The van der Waals surface area contributed by atoms with Crippen molar-refractivity contribution >= 4 is 5.91 Å². The molecule has 0 radical (unpaired) electrons. The lowest BCUT2D eigenvalue weighted by Crippen LogP contribution is -2.33. The number of nitrogens with one attached hydrogen (secondary N) is 1. The van der Waals surface area contributed by atoms with Gasteiger partial charge in [-0.1, -0.05) is 38.8 Å². The zero-order chi connectivity index (χ0) is 14.4. The summed E-state index contributed by atoms with van der Waals surface area (Å²) in [5.41, 5.74) is 0.635. The van der Waals surface area contributed by atoms with Crippen molar-refractivity contribution in [2.75, 3.05) is 0 Å². The maximum atomic E-state index is 13.8. The summed E-state index contributed by atoms with van der Waals surface area (Å²) in [5, 5.41) is 2.86. The van der Waals surface area contributed by atoms with Gasteiger partial charge in [0.15, 0.2) is 0 Å². The Hall–Kier alpha value is -1.38. The van der Waals surface area contributed by atoms with E-state index in [1.165, 1.54) is 6.07 Å². The molecule has 0 spiro atoms. The SMILES string of the molecule is Cc1cccc(C(=O)NC(C)CCCC(C)C)c1F. The summed E-state index contributed by atoms with van der Waals surface area (Å²) in [5.74, 6) is -0.0650. The quantitative estimate of drug-likeness (QED) is 0.825. The number of aryl methyl sites for hydroxylation is 1. The van der Waals surface area contributed by atoms with Gasteiger partial charge in [-0.3, -0.25) is 4.79 Å². The van der Waals surface area contributed by atoms with Gasteiger partial charge >= 0.3 is 0 Å². The van der Waals surface area contributed by atoms with E-state index in [4.69, 9.17) is 0 Å². The predicted molar refractivity (Wildman–Crippen MR) is 76.8 cm³/mol. The first kappa shape index (κ1) is 15.7. The second kappa shape index (κ2) is 7.27. The Balaban J connectivity index is 2.52. The van der Waals surface area contributed by atoms with Gasteiger partial charge in [-0.15, -0.1) is 0 Å². The van der Waals surface area contributed by atoms with Crippen molar-refractivity contribution in [3.05, 3.63) is 35.1 Å². The molecule has 1 atom stereocenters. The van der Waals surface area contributed by atoms with E-state index in [0.29, 0.717) is 11.5 Å². The van der Waals surface area contributed by atoms with Crippen molar-refractivity contribution < 1.29 is 9.18 Å². The van der Waals surface area contributed by atoms with Crippen molar-refractivity contribution in [2.45, 2.75) is 53.0 Å². The highest BCUT2D eigenvalue weighted by Crippen LogP contribution is 2.13. The summed E-state index contributed by atoms with van der Waals surface area (Å²) in [6.45, 7) is 8.00.